The summed E-state index contributed by atoms with van der Waals surface area (Å²) in [6.45, 7) is 1.50. The van der Waals surface area contributed by atoms with E-state index >= 15 is 0 Å². The van der Waals surface area contributed by atoms with E-state index in [1.807, 2.05) is 0 Å². The molecule has 0 spiro atoms. The van der Waals surface area contributed by atoms with Crippen LogP contribution in [0.5, 0.6) is 0 Å². The summed E-state index contributed by atoms with van der Waals surface area (Å²) >= 11 is 1.18. The third kappa shape index (κ3) is 3.43. The number of nitrogens with one attached hydrogen (secondary N) is 1. The minimum atomic E-state index is -3.65. The molecule has 0 aliphatic carbocycles. The number of thiophene rings is 1. The van der Waals surface area contributed by atoms with Crippen molar-refractivity contribution in [2.24, 2.45) is 0 Å². The molecule has 0 saturated carbocycles. The fourth-order valence-corrected chi connectivity index (χ4v) is 4.07. The molecule has 0 fully saturated rings. The van der Waals surface area contributed by atoms with Crippen LogP contribution in [-0.4, -0.2) is 13.5 Å². The highest BCUT2D eigenvalue weighted by Gasteiger charge is 2.19. The molecule has 1 atom stereocenters. The van der Waals surface area contributed by atoms with Gasteiger partial charge in [-0.15, -0.1) is 11.3 Å². The summed E-state index contributed by atoms with van der Waals surface area (Å²) in [7, 11) is -3.65. The Kier molecular flexibility index (Phi) is 4.54. The lowest BCUT2D eigenvalue weighted by Crippen LogP contribution is -2.26. The highest BCUT2D eigenvalue weighted by Crippen LogP contribution is 2.22. The summed E-state index contributed by atoms with van der Waals surface area (Å²) in [4.78, 5) is 0.709. The SMILES string of the molecule is CC(NS(=O)(=O)c1csc(CO)c1)c1ccc(F)cc1. The molecule has 20 heavy (non-hydrogen) atoms. The van der Waals surface area contributed by atoms with Gasteiger partial charge < -0.3 is 5.11 Å². The largest absolute Gasteiger partial charge is 0.391 e. The van der Waals surface area contributed by atoms with E-state index in [-0.39, 0.29) is 17.3 Å². The number of halogens is 1. The number of aliphatic hydroxyl groups excluding tert-OH is 1. The van der Waals surface area contributed by atoms with Crippen molar-refractivity contribution < 1.29 is 17.9 Å². The fourth-order valence-electron chi connectivity index (χ4n) is 1.70. The van der Waals surface area contributed by atoms with Gasteiger partial charge in [-0.2, -0.15) is 0 Å². The van der Waals surface area contributed by atoms with E-state index < -0.39 is 16.1 Å². The zero-order chi connectivity index (χ0) is 14.8. The van der Waals surface area contributed by atoms with Crippen molar-refractivity contribution in [2.75, 3.05) is 0 Å². The summed E-state index contributed by atoms with van der Waals surface area (Å²) in [5.74, 6) is -0.366. The molecule has 0 aliphatic rings. The molecule has 108 valence electrons. The van der Waals surface area contributed by atoms with Gasteiger partial charge in [-0.05, 0) is 30.7 Å². The van der Waals surface area contributed by atoms with E-state index in [2.05, 4.69) is 4.72 Å². The molecule has 1 aromatic heterocycles. The van der Waals surface area contributed by atoms with Crippen LogP contribution >= 0.6 is 11.3 Å². The van der Waals surface area contributed by atoms with Gasteiger partial charge in [-0.3, -0.25) is 0 Å². The Bertz CT molecular complexity index is 680. The Hall–Kier alpha value is -1.28. The van der Waals surface area contributed by atoms with Crippen molar-refractivity contribution in [2.45, 2.75) is 24.5 Å². The van der Waals surface area contributed by atoms with Crippen molar-refractivity contribution in [3.63, 3.8) is 0 Å². The summed E-state index contributed by atoms with van der Waals surface area (Å²) in [5.41, 5.74) is 0.674. The summed E-state index contributed by atoms with van der Waals surface area (Å²) < 4.78 is 39.7. The standard InChI is InChI=1S/C13H14FNO3S2/c1-9(10-2-4-11(14)5-3-10)15-20(17,18)13-6-12(7-16)19-8-13/h2-6,8-9,15-16H,7H2,1H3. The second-order valence-electron chi connectivity index (χ2n) is 4.30. The minimum Gasteiger partial charge on any atom is -0.391 e. The molecule has 0 bridgehead atoms. The Balaban J connectivity index is 2.17. The molecular weight excluding hydrogens is 301 g/mol. The maximum Gasteiger partial charge on any atom is 0.241 e. The average molecular weight is 315 g/mol. The van der Waals surface area contributed by atoms with Gasteiger partial charge in [0.15, 0.2) is 0 Å². The first kappa shape index (κ1) is 15.1. The molecule has 0 amide bonds. The van der Waals surface area contributed by atoms with Crippen molar-refractivity contribution in [1.82, 2.24) is 4.72 Å². The van der Waals surface area contributed by atoms with Gasteiger partial charge in [-0.25, -0.2) is 17.5 Å². The van der Waals surface area contributed by atoms with Crippen LogP contribution in [0.1, 0.15) is 23.4 Å². The molecule has 0 aliphatic heterocycles. The number of rotatable bonds is 5. The van der Waals surface area contributed by atoms with E-state index in [9.17, 15) is 12.8 Å². The van der Waals surface area contributed by atoms with Crippen molar-refractivity contribution in [3.8, 4) is 0 Å². The fraction of sp³-hybridized carbons (Fsp3) is 0.231. The zero-order valence-electron chi connectivity index (χ0n) is 10.7. The molecular formula is C13H14FNO3S2. The van der Waals surface area contributed by atoms with Crippen LogP contribution in [0.3, 0.4) is 0 Å². The van der Waals surface area contributed by atoms with Crippen LogP contribution in [-0.2, 0) is 16.6 Å². The first-order valence-corrected chi connectivity index (χ1v) is 8.25. The maximum absolute atomic E-state index is 12.8. The Morgan fingerprint density at radius 2 is 2.00 bits per heavy atom. The molecule has 2 N–H and O–H groups in total. The van der Waals surface area contributed by atoms with Gasteiger partial charge in [-0.1, -0.05) is 12.1 Å². The van der Waals surface area contributed by atoms with Crippen LogP contribution < -0.4 is 4.72 Å². The molecule has 2 aromatic rings. The van der Waals surface area contributed by atoms with E-state index in [1.54, 1.807) is 6.92 Å². The maximum atomic E-state index is 12.8. The molecule has 2 rings (SSSR count). The highest BCUT2D eigenvalue weighted by molar-refractivity contribution is 7.89. The second kappa shape index (κ2) is 6.01. The molecule has 4 nitrogen and oxygen atoms in total. The van der Waals surface area contributed by atoms with Crippen LogP contribution in [0.4, 0.5) is 4.39 Å². The molecule has 1 aromatic carbocycles. The van der Waals surface area contributed by atoms with Gasteiger partial charge in [0.05, 0.1) is 11.5 Å². The predicted molar refractivity (Wildman–Crippen MR) is 75.4 cm³/mol. The van der Waals surface area contributed by atoms with E-state index in [4.69, 9.17) is 5.11 Å². The topological polar surface area (TPSA) is 66.4 Å². The first-order chi connectivity index (χ1) is 9.42. The van der Waals surface area contributed by atoms with E-state index in [1.165, 1.54) is 47.0 Å². The van der Waals surface area contributed by atoms with Crippen LogP contribution in [0.2, 0.25) is 0 Å². The quantitative estimate of drug-likeness (QED) is 0.890. The van der Waals surface area contributed by atoms with Gasteiger partial charge in [0.1, 0.15) is 5.82 Å². The molecule has 1 unspecified atom stereocenters. The number of aliphatic hydroxyl groups is 1. The smallest absolute Gasteiger partial charge is 0.241 e. The van der Waals surface area contributed by atoms with Gasteiger partial charge >= 0.3 is 0 Å². The third-order valence-corrected chi connectivity index (χ3v) is 5.39. The lowest BCUT2D eigenvalue weighted by atomic mass is 10.1. The normalized spacial score (nSPS) is 13.3. The predicted octanol–water partition coefficient (Wildman–Crippen LogP) is 2.42. The van der Waals surface area contributed by atoms with Crippen LogP contribution in [0.15, 0.2) is 40.6 Å². The number of benzene rings is 1. The molecule has 0 radical (unpaired) electrons. The molecule has 1 heterocycles. The number of sulfonamides is 1. The van der Waals surface area contributed by atoms with Crippen LogP contribution in [0, 0.1) is 5.82 Å². The van der Waals surface area contributed by atoms with Gasteiger partial charge in [0.2, 0.25) is 10.0 Å². The van der Waals surface area contributed by atoms with Crippen molar-refractivity contribution in [1.29, 1.82) is 0 Å². The highest BCUT2D eigenvalue weighted by atomic mass is 32.2. The average Bonchev–Trinajstić information content (AvgIpc) is 2.88. The number of hydrogen-bond donors (Lipinski definition) is 2. The summed E-state index contributed by atoms with van der Waals surface area (Å²) in [6.07, 6.45) is 0. The van der Waals surface area contributed by atoms with Crippen molar-refractivity contribution >= 4 is 21.4 Å². The lowest BCUT2D eigenvalue weighted by Gasteiger charge is -2.13. The van der Waals surface area contributed by atoms with E-state index in [0.29, 0.717) is 10.4 Å². The third-order valence-electron chi connectivity index (χ3n) is 2.80. The molecule has 7 heteroatoms. The number of hydrogen-bond acceptors (Lipinski definition) is 4. The molecule has 0 saturated heterocycles. The summed E-state index contributed by atoms with van der Waals surface area (Å²) in [6, 6.07) is 6.61. The van der Waals surface area contributed by atoms with Gasteiger partial charge in [0, 0.05) is 16.3 Å². The van der Waals surface area contributed by atoms with E-state index in [0.717, 1.165) is 0 Å². The monoisotopic (exact) mass is 315 g/mol. The van der Waals surface area contributed by atoms with Gasteiger partial charge in [0.25, 0.3) is 0 Å². The second-order valence-corrected chi connectivity index (χ2v) is 7.01. The minimum absolute atomic E-state index is 0.125. The van der Waals surface area contributed by atoms with Crippen LogP contribution in [0.25, 0.3) is 0 Å². The summed E-state index contributed by atoms with van der Waals surface area (Å²) in [5, 5.41) is 10.4. The van der Waals surface area contributed by atoms with Crippen molar-refractivity contribution in [3.05, 3.63) is 52.0 Å². The Labute approximate surface area is 120 Å². The zero-order valence-corrected chi connectivity index (χ0v) is 12.3. The Morgan fingerprint density at radius 1 is 1.35 bits per heavy atom. The Morgan fingerprint density at radius 3 is 2.55 bits per heavy atom. The lowest BCUT2D eigenvalue weighted by molar-refractivity contribution is 0.285. The first-order valence-electron chi connectivity index (χ1n) is 5.88.